The Bertz CT molecular complexity index is 964. The first-order valence-corrected chi connectivity index (χ1v) is 9.60. The van der Waals surface area contributed by atoms with E-state index in [1.54, 1.807) is 36.4 Å². The maximum absolute atomic E-state index is 12.5. The third kappa shape index (κ3) is 4.56. The number of rotatable bonds is 6. The molecule has 1 amide bonds. The number of carbonyl (C=O) groups excluding carboxylic acids is 4. The minimum absolute atomic E-state index is 0.00300. The molecular formula is C23H23NO6. The normalized spacial score (nSPS) is 16.8. The molecule has 0 N–H and O–H groups in total. The highest BCUT2D eigenvalue weighted by atomic mass is 16.5. The van der Waals surface area contributed by atoms with Gasteiger partial charge in [0, 0.05) is 24.2 Å². The average molecular weight is 409 g/mol. The maximum Gasteiger partial charge on any atom is 0.337 e. The van der Waals surface area contributed by atoms with Crippen LogP contribution in [0.1, 0.15) is 39.6 Å². The second-order valence-corrected chi connectivity index (χ2v) is 7.25. The second-order valence-electron chi connectivity index (χ2n) is 7.25. The molecule has 156 valence electrons. The van der Waals surface area contributed by atoms with Gasteiger partial charge in [0.15, 0.2) is 6.10 Å². The van der Waals surface area contributed by atoms with Gasteiger partial charge in [0.2, 0.25) is 11.7 Å². The molecule has 2 aromatic rings. The largest absolute Gasteiger partial charge is 0.465 e. The molecule has 2 atom stereocenters. The highest BCUT2D eigenvalue weighted by molar-refractivity contribution is 6.02. The minimum atomic E-state index is -0.941. The number of benzene rings is 2. The molecule has 0 aromatic heterocycles. The minimum Gasteiger partial charge on any atom is -0.465 e. The molecule has 1 aliphatic rings. The van der Waals surface area contributed by atoms with Crippen LogP contribution in [0.15, 0.2) is 48.5 Å². The first-order valence-electron chi connectivity index (χ1n) is 9.60. The van der Waals surface area contributed by atoms with Crippen LogP contribution in [0.25, 0.3) is 0 Å². The van der Waals surface area contributed by atoms with Crippen LogP contribution < -0.4 is 4.90 Å². The van der Waals surface area contributed by atoms with Gasteiger partial charge in [-0.2, -0.15) is 0 Å². The molecule has 7 nitrogen and oxygen atoms in total. The SMILES string of the molecule is COC(=O)c1ccc(N2C[C@@H](C(=O)O[C@@H](C)C(=O)c3ccc(C)cc3)CC2=O)cc1. The molecule has 1 heterocycles. The molecule has 0 saturated carbocycles. The Morgan fingerprint density at radius 1 is 1.00 bits per heavy atom. The molecule has 7 heteroatoms. The fourth-order valence-corrected chi connectivity index (χ4v) is 3.29. The number of nitrogens with zero attached hydrogens (tertiary/aromatic N) is 1. The summed E-state index contributed by atoms with van der Waals surface area (Å²) in [5.74, 6) is -2.22. The van der Waals surface area contributed by atoms with Crippen LogP contribution in [-0.4, -0.2) is 43.4 Å². The van der Waals surface area contributed by atoms with Crippen LogP contribution in [0.5, 0.6) is 0 Å². The van der Waals surface area contributed by atoms with Gasteiger partial charge in [-0.1, -0.05) is 29.8 Å². The Morgan fingerprint density at radius 3 is 2.20 bits per heavy atom. The first kappa shape index (κ1) is 21.2. The van der Waals surface area contributed by atoms with Crippen LogP contribution in [0.2, 0.25) is 0 Å². The third-order valence-electron chi connectivity index (χ3n) is 5.06. The number of anilines is 1. The lowest BCUT2D eigenvalue weighted by atomic mass is 10.1. The Kier molecular flexibility index (Phi) is 6.30. The van der Waals surface area contributed by atoms with Gasteiger partial charge < -0.3 is 14.4 Å². The van der Waals surface area contributed by atoms with Crippen molar-refractivity contribution in [3.05, 3.63) is 65.2 Å². The van der Waals surface area contributed by atoms with Crippen molar-refractivity contribution in [2.45, 2.75) is 26.4 Å². The predicted molar refractivity (Wildman–Crippen MR) is 109 cm³/mol. The average Bonchev–Trinajstić information content (AvgIpc) is 3.15. The smallest absolute Gasteiger partial charge is 0.337 e. The molecule has 1 fully saturated rings. The molecule has 0 bridgehead atoms. The van der Waals surface area contributed by atoms with E-state index in [9.17, 15) is 19.2 Å². The summed E-state index contributed by atoms with van der Waals surface area (Å²) < 4.78 is 10.0. The molecule has 0 spiro atoms. The van der Waals surface area contributed by atoms with E-state index in [-0.39, 0.29) is 24.7 Å². The van der Waals surface area contributed by atoms with Crippen molar-refractivity contribution in [3.8, 4) is 0 Å². The van der Waals surface area contributed by atoms with Crippen molar-refractivity contribution in [2.24, 2.45) is 5.92 Å². The van der Waals surface area contributed by atoms with Crippen molar-refractivity contribution in [1.82, 2.24) is 0 Å². The summed E-state index contributed by atoms with van der Waals surface area (Å²) in [5, 5.41) is 0. The number of ether oxygens (including phenoxy) is 2. The summed E-state index contributed by atoms with van der Waals surface area (Å²) in [6.45, 7) is 3.60. The summed E-state index contributed by atoms with van der Waals surface area (Å²) in [5.41, 5.74) is 2.44. The Labute approximate surface area is 174 Å². The molecule has 3 rings (SSSR count). The van der Waals surface area contributed by atoms with Gasteiger partial charge in [0.05, 0.1) is 18.6 Å². The summed E-state index contributed by atoms with van der Waals surface area (Å²) in [7, 11) is 1.29. The molecule has 0 aliphatic carbocycles. The van der Waals surface area contributed by atoms with Crippen LogP contribution in [0.3, 0.4) is 0 Å². The van der Waals surface area contributed by atoms with Gasteiger partial charge >= 0.3 is 11.9 Å². The van der Waals surface area contributed by atoms with Crippen molar-refractivity contribution in [3.63, 3.8) is 0 Å². The van der Waals surface area contributed by atoms with Crippen molar-refractivity contribution >= 4 is 29.3 Å². The van der Waals surface area contributed by atoms with E-state index >= 15 is 0 Å². The van der Waals surface area contributed by atoms with Gasteiger partial charge in [0.1, 0.15) is 0 Å². The van der Waals surface area contributed by atoms with Crippen LogP contribution >= 0.6 is 0 Å². The zero-order chi connectivity index (χ0) is 21.8. The molecule has 0 unspecified atom stereocenters. The quantitative estimate of drug-likeness (QED) is 0.538. The number of hydrogen-bond acceptors (Lipinski definition) is 6. The van der Waals surface area contributed by atoms with E-state index in [1.165, 1.54) is 18.9 Å². The van der Waals surface area contributed by atoms with Crippen molar-refractivity contribution < 1.29 is 28.7 Å². The summed E-state index contributed by atoms with van der Waals surface area (Å²) in [4.78, 5) is 50.4. The molecule has 1 aliphatic heterocycles. The van der Waals surface area contributed by atoms with Crippen LogP contribution in [0, 0.1) is 12.8 Å². The molecule has 1 saturated heterocycles. The van der Waals surface area contributed by atoms with E-state index in [4.69, 9.17) is 4.74 Å². The topological polar surface area (TPSA) is 90.0 Å². The maximum atomic E-state index is 12.5. The molecule has 30 heavy (non-hydrogen) atoms. The van der Waals surface area contributed by atoms with Gasteiger partial charge in [-0.3, -0.25) is 14.4 Å². The fourth-order valence-electron chi connectivity index (χ4n) is 3.29. The summed E-state index contributed by atoms with van der Waals surface area (Å²) in [6, 6.07) is 13.4. The highest BCUT2D eigenvalue weighted by Gasteiger charge is 2.37. The van der Waals surface area contributed by atoms with Gasteiger partial charge in [-0.25, -0.2) is 4.79 Å². The van der Waals surface area contributed by atoms with E-state index < -0.39 is 24.0 Å². The number of amides is 1. The zero-order valence-electron chi connectivity index (χ0n) is 17.1. The lowest BCUT2D eigenvalue weighted by molar-refractivity contribution is -0.151. The van der Waals surface area contributed by atoms with Crippen LogP contribution in [-0.2, 0) is 19.1 Å². The van der Waals surface area contributed by atoms with Crippen LogP contribution in [0.4, 0.5) is 5.69 Å². The van der Waals surface area contributed by atoms with Gasteiger partial charge in [0.25, 0.3) is 0 Å². The number of Topliss-reactive ketones (excluding diaryl/α,β-unsaturated/α-hetero) is 1. The molecule has 2 aromatic carbocycles. The Balaban J connectivity index is 1.62. The summed E-state index contributed by atoms with van der Waals surface area (Å²) >= 11 is 0. The molecule has 0 radical (unpaired) electrons. The van der Waals surface area contributed by atoms with E-state index in [0.29, 0.717) is 16.8 Å². The van der Waals surface area contributed by atoms with Gasteiger partial charge in [-0.05, 0) is 38.1 Å². The highest BCUT2D eigenvalue weighted by Crippen LogP contribution is 2.27. The Morgan fingerprint density at radius 2 is 1.60 bits per heavy atom. The monoisotopic (exact) mass is 409 g/mol. The Hall–Kier alpha value is -3.48. The predicted octanol–water partition coefficient (Wildman–Crippen LogP) is 2.95. The molecular weight excluding hydrogens is 386 g/mol. The summed E-state index contributed by atoms with van der Waals surface area (Å²) in [6.07, 6.45) is -0.938. The van der Waals surface area contributed by atoms with Crippen molar-refractivity contribution in [1.29, 1.82) is 0 Å². The number of esters is 2. The number of aryl methyl sites for hydroxylation is 1. The number of hydrogen-bond donors (Lipinski definition) is 0. The number of ketones is 1. The zero-order valence-corrected chi connectivity index (χ0v) is 17.1. The second kappa shape index (κ2) is 8.90. The standard InChI is InChI=1S/C23H23NO6/c1-14-4-6-16(7-5-14)21(26)15(2)30-23(28)18-12-20(25)24(13-18)19-10-8-17(9-11-19)22(27)29-3/h4-11,15,18H,12-13H2,1-3H3/t15-,18-/m0/s1. The fraction of sp³-hybridized carbons (Fsp3) is 0.304. The third-order valence-corrected chi connectivity index (χ3v) is 5.06. The lowest BCUT2D eigenvalue weighted by Crippen LogP contribution is -2.30. The van der Waals surface area contributed by atoms with E-state index in [1.807, 2.05) is 19.1 Å². The number of carbonyl (C=O) groups is 4. The number of methoxy groups -OCH3 is 1. The van der Waals surface area contributed by atoms with E-state index in [2.05, 4.69) is 4.74 Å². The first-order chi connectivity index (χ1) is 14.3. The van der Waals surface area contributed by atoms with Crippen molar-refractivity contribution in [2.75, 3.05) is 18.6 Å². The van der Waals surface area contributed by atoms with E-state index in [0.717, 1.165) is 5.56 Å². The lowest BCUT2D eigenvalue weighted by Gasteiger charge is -2.18. The van der Waals surface area contributed by atoms with Gasteiger partial charge in [-0.15, -0.1) is 0 Å².